The van der Waals surface area contributed by atoms with Crippen LogP contribution in [-0.2, 0) is 13.0 Å². The SMILES string of the molecule is CCc1cc(NCCCn2nc(C)cc2C)ncn1. The Morgan fingerprint density at radius 2 is 2.05 bits per heavy atom. The summed E-state index contributed by atoms with van der Waals surface area (Å²) < 4.78 is 2.05. The molecule has 0 saturated carbocycles. The molecule has 0 fully saturated rings. The zero-order valence-corrected chi connectivity index (χ0v) is 11.8. The Morgan fingerprint density at radius 1 is 1.21 bits per heavy atom. The summed E-state index contributed by atoms with van der Waals surface area (Å²) in [5.41, 5.74) is 3.36. The summed E-state index contributed by atoms with van der Waals surface area (Å²) in [6.07, 6.45) is 3.57. The van der Waals surface area contributed by atoms with Crippen molar-refractivity contribution in [1.29, 1.82) is 0 Å². The van der Waals surface area contributed by atoms with Gasteiger partial charge in [-0.25, -0.2) is 9.97 Å². The van der Waals surface area contributed by atoms with Gasteiger partial charge in [0, 0.05) is 30.5 Å². The fraction of sp³-hybridized carbons (Fsp3) is 0.500. The number of aryl methyl sites for hydroxylation is 4. The molecule has 0 aliphatic carbocycles. The second-order valence-corrected chi connectivity index (χ2v) is 4.68. The van der Waals surface area contributed by atoms with Crippen molar-refractivity contribution >= 4 is 5.82 Å². The first-order chi connectivity index (χ1) is 9.19. The average Bonchev–Trinajstić information content (AvgIpc) is 2.73. The van der Waals surface area contributed by atoms with Gasteiger partial charge in [-0.1, -0.05) is 6.92 Å². The molecule has 0 amide bonds. The third kappa shape index (κ3) is 3.77. The number of nitrogens with zero attached hydrogens (tertiary/aromatic N) is 4. The van der Waals surface area contributed by atoms with Crippen LogP contribution in [0.5, 0.6) is 0 Å². The summed E-state index contributed by atoms with van der Waals surface area (Å²) in [5, 5.41) is 7.77. The first-order valence-electron chi connectivity index (χ1n) is 6.75. The Labute approximate surface area is 114 Å². The minimum Gasteiger partial charge on any atom is -0.370 e. The van der Waals surface area contributed by atoms with Gasteiger partial charge in [-0.05, 0) is 32.8 Å². The zero-order chi connectivity index (χ0) is 13.7. The Kier molecular flexibility index (Phi) is 4.49. The molecule has 0 aliphatic heterocycles. The van der Waals surface area contributed by atoms with Crippen molar-refractivity contribution in [2.24, 2.45) is 0 Å². The summed E-state index contributed by atoms with van der Waals surface area (Å²) in [7, 11) is 0. The largest absolute Gasteiger partial charge is 0.370 e. The first kappa shape index (κ1) is 13.5. The van der Waals surface area contributed by atoms with Crippen molar-refractivity contribution in [3.05, 3.63) is 35.5 Å². The van der Waals surface area contributed by atoms with Gasteiger partial charge in [0.1, 0.15) is 12.1 Å². The van der Waals surface area contributed by atoms with Crippen LogP contribution in [0.25, 0.3) is 0 Å². The highest BCUT2D eigenvalue weighted by molar-refractivity contribution is 5.34. The van der Waals surface area contributed by atoms with E-state index < -0.39 is 0 Å². The van der Waals surface area contributed by atoms with E-state index in [9.17, 15) is 0 Å². The van der Waals surface area contributed by atoms with Gasteiger partial charge in [-0.15, -0.1) is 0 Å². The maximum atomic E-state index is 4.45. The van der Waals surface area contributed by atoms with Gasteiger partial charge < -0.3 is 5.32 Å². The van der Waals surface area contributed by atoms with Gasteiger partial charge in [0.05, 0.1) is 5.69 Å². The number of hydrogen-bond acceptors (Lipinski definition) is 4. The fourth-order valence-electron chi connectivity index (χ4n) is 2.03. The Morgan fingerprint density at radius 3 is 2.74 bits per heavy atom. The van der Waals surface area contributed by atoms with Gasteiger partial charge in [-0.3, -0.25) is 4.68 Å². The quantitative estimate of drug-likeness (QED) is 0.809. The molecule has 1 N–H and O–H groups in total. The molecule has 2 aromatic rings. The summed E-state index contributed by atoms with van der Waals surface area (Å²) in [6.45, 7) is 8.02. The topological polar surface area (TPSA) is 55.6 Å². The van der Waals surface area contributed by atoms with E-state index in [-0.39, 0.29) is 0 Å². The number of hydrogen-bond donors (Lipinski definition) is 1. The first-order valence-corrected chi connectivity index (χ1v) is 6.75. The fourth-order valence-corrected chi connectivity index (χ4v) is 2.03. The van der Waals surface area contributed by atoms with Crippen LogP contribution in [0.3, 0.4) is 0 Å². The van der Waals surface area contributed by atoms with Crippen LogP contribution in [0.4, 0.5) is 5.82 Å². The second-order valence-electron chi connectivity index (χ2n) is 4.68. The highest BCUT2D eigenvalue weighted by atomic mass is 15.3. The molecule has 5 heteroatoms. The summed E-state index contributed by atoms with van der Waals surface area (Å²) in [6, 6.07) is 4.11. The molecule has 0 aromatic carbocycles. The summed E-state index contributed by atoms with van der Waals surface area (Å²) >= 11 is 0. The van der Waals surface area contributed by atoms with Crippen LogP contribution in [0.15, 0.2) is 18.5 Å². The molecule has 0 unspecified atom stereocenters. The molecule has 0 saturated heterocycles. The third-order valence-corrected chi connectivity index (χ3v) is 3.04. The molecule has 2 heterocycles. The Hall–Kier alpha value is -1.91. The number of nitrogens with one attached hydrogen (secondary N) is 1. The van der Waals surface area contributed by atoms with Crippen molar-refractivity contribution < 1.29 is 0 Å². The van der Waals surface area contributed by atoms with E-state index in [0.29, 0.717) is 0 Å². The minimum absolute atomic E-state index is 0.887. The van der Waals surface area contributed by atoms with Crippen molar-refractivity contribution in [3.63, 3.8) is 0 Å². The minimum atomic E-state index is 0.887. The van der Waals surface area contributed by atoms with Crippen molar-refractivity contribution in [2.45, 2.75) is 40.2 Å². The Bertz CT molecular complexity index is 532. The van der Waals surface area contributed by atoms with Crippen LogP contribution >= 0.6 is 0 Å². The van der Waals surface area contributed by atoms with Gasteiger partial charge >= 0.3 is 0 Å². The molecule has 0 radical (unpaired) electrons. The predicted octanol–water partition coefficient (Wildman–Crippen LogP) is 2.35. The number of aromatic nitrogens is 4. The Balaban J connectivity index is 1.79. The van der Waals surface area contributed by atoms with E-state index in [2.05, 4.69) is 45.0 Å². The van der Waals surface area contributed by atoms with E-state index in [4.69, 9.17) is 0 Å². The molecule has 0 spiro atoms. The lowest BCUT2D eigenvalue weighted by atomic mass is 10.3. The van der Waals surface area contributed by atoms with Crippen LogP contribution < -0.4 is 5.32 Å². The lowest BCUT2D eigenvalue weighted by Gasteiger charge is -2.07. The van der Waals surface area contributed by atoms with Gasteiger partial charge in [0.25, 0.3) is 0 Å². The van der Waals surface area contributed by atoms with Crippen molar-refractivity contribution in [1.82, 2.24) is 19.7 Å². The maximum Gasteiger partial charge on any atom is 0.129 e. The number of anilines is 1. The molecule has 0 atom stereocenters. The lowest BCUT2D eigenvalue weighted by Crippen LogP contribution is -2.10. The second kappa shape index (κ2) is 6.31. The van der Waals surface area contributed by atoms with E-state index in [1.807, 2.05) is 13.0 Å². The summed E-state index contributed by atoms with van der Waals surface area (Å²) in [4.78, 5) is 8.39. The smallest absolute Gasteiger partial charge is 0.129 e. The highest BCUT2D eigenvalue weighted by Gasteiger charge is 2.00. The van der Waals surface area contributed by atoms with E-state index in [0.717, 1.165) is 43.1 Å². The molecule has 2 aromatic heterocycles. The predicted molar refractivity (Wildman–Crippen MR) is 76.2 cm³/mol. The monoisotopic (exact) mass is 259 g/mol. The standard InChI is InChI=1S/C14H21N5/c1-4-13-9-14(17-10-16-13)15-6-5-7-19-12(3)8-11(2)18-19/h8-10H,4-7H2,1-3H3,(H,15,16,17). The summed E-state index contributed by atoms with van der Waals surface area (Å²) in [5.74, 6) is 0.903. The number of rotatable bonds is 6. The van der Waals surface area contributed by atoms with Gasteiger partial charge in [0.15, 0.2) is 0 Å². The average molecular weight is 259 g/mol. The van der Waals surface area contributed by atoms with Crippen LogP contribution in [0.2, 0.25) is 0 Å². The van der Waals surface area contributed by atoms with E-state index >= 15 is 0 Å². The molecule has 0 bridgehead atoms. The molecular weight excluding hydrogens is 238 g/mol. The molecule has 2 rings (SSSR count). The van der Waals surface area contributed by atoms with Crippen molar-refractivity contribution in [3.8, 4) is 0 Å². The zero-order valence-electron chi connectivity index (χ0n) is 11.8. The normalized spacial score (nSPS) is 10.7. The van der Waals surface area contributed by atoms with E-state index in [1.165, 1.54) is 5.69 Å². The van der Waals surface area contributed by atoms with Crippen LogP contribution in [-0.4, -0.2) is 26.3 Å². The van der Waals surface area contributed by atoms with Gasteiger partial charge in [0.2, 0.25) is 0 Å². The maximum absolute atomic E-state index is 4.45. The van der Waals surface area contributed by atoms with E-state index in [1.54, 1.807) is 6.33 Å². The highest BCUT2D eigenvalue weighted by Crippen LogP contribution is 2.06. The van der Waals surface area contributed by atoms with Crippen LogP contribution in [0.1, 0.15) is 30.4 Å². The molecule has 19 heavy (non-hydrogen) atoms. The van der Waals surface area contributed by atoms with Crippen molar-refractivity contribution in [2.75, 3.05) is 11.9 Å². The third-order valence-electron chi connectivity index (χ3n) is 3.04. The van der Waals surface area contributed by atoms with Gasteiger partial charge in [-0.2, -0.15) is 5.10 Å². The lowest BCUT2D eigenvalue weighted by molar-refractivity contribution is 0.573. The molecule has 0 aliphatic rings. The van der Waals surface area contributed by atoms with Crippen LogP contribution in [0, 0.1) is 13.8 Å². The molecule has 102 valence electrons. The molecular formula is C14H21N5. The molecule has 5 nitrogen and oxygen atoms in total.